The first-order valence-corrected chi connectivity index (χ1v) is 9.77. The van der Waals surface area contributed by atoms with Gasteiger partial charge in [0.15, 0.2) is 0 Å². The van der Waals surface area contributed by atoms with E-state index in [9.17, 15) is 4.79 Å². The largest absolute Gasteiger partial charge is 0.462 e. The van der Waals surface area contributed by atoms with E-state index in [4.69, 9.17) is 4.74 Å². The molecule has 0 aliphatic heterocycles. The van der Waals surface area contributed by atoms with Crippen LogP contribution in [-0.2, 0) is 9.53 Å². The van der Waals surface area contributed by atoms with Crippen molar-refractivity contribution >= 4 is 5.97 Å². The average Bonchev–Trinajstić information content (AvgIpc) is 2.49. The van der Waals surface area contributed by atoms with Crippen molar-refractivity contribution in [1.82, 2.24) is 0 Å². The van der Waals surface area contributed by atoms with Crippen LogP contribution in [0.3, 0.4) is 0 Å². The zero-order valence-corrected chi connectivity index (χ0v) is 17.0. The molecule has 0 aromatic heterocycles. The first-order valence-electron chi connectivity index (χ1n) is 9.77. The molecule has 0 saturated heterocycles. The van der Waals surface area contributed by atoms with Crippen molar-refractivity contribution in [2.24, 2.45) is 11.8 Å². The fourth-order valence-corrected chi connectivity index (χ4v) is 2.61. The molecule has 2 nitrogen and oxygen atoms in total. The van der Waals surface area contributed by atoms with Gasteiger partial charge in [0.2, 0.25) is 0 Å². The molecule has 0 aliphatic rings. The third-order valence-electron chi connectivity index (χ3n) is 4.87. The Labute approximate surface area is 150 Å². The molecular weight excluding hydrogens is 296 g/mol. The highest BCUT2D eigenvalue weighted by Crippen LogP contribution is 2.19. The van der Waals surface area contributed by atoms with Gasteiger partial charge in [-0.25, -0.2) is 0 Å². The lowest BCUT2D eigenvalue weighted by Crippen LogP contribution is -2.03. The molecule has 0 radical (unpaired) electrons. The number of hydrogen-bond donors (Lipinski definition) is 0. The van der Waals surface area contributed by atoms with E-state index in [1.165, 1.54) is 56.6 Å². The minimum absolute atomic E-state index is 0.214. The summed E-state index contributed by atoms with van der Waals surface area (Å²) in [6.45, 7) is 13.2. The molecular formula is C22H40O2. The van der Waals surface area contributed by atoms with E-state index < -0.39 is 0 Å². The van der Waals surface area contributed by atoms with Gasteiger partial charge >= 0.3 is 5.97 Å². The lowest BCUT2D eigenvalue weighted by atomic mass is 9.92. The van der Waals surface area contributed by atoms with E-state index in [0.717, 1.165) is 24.7 Å². The molecule has 0 aromatic carbocycles. The fraction of sp³-hybridized carbons (Fsp3) is 0.773. The maximum Gasteiger partial charge on any atom is 0.302 e. The number of esters is 1. The second kappa shape index (κ2) is 14.3. The van der Waals surface area contributed by atoms with Gasteiger partial charge in [-0.1, -0.05) is 63.7 Å². The standard InChI is InChI=1S/C22H40O2/c1-18(2)21(5)15-10-8-7-9-12-19(3)13-11-14-20(4)16-17-24-22(6)23/h13,16,18,21H,7-12,14-15,17H2,1-6H3. The lowest BCUT2D eigenvalue weighted by Gasteiger charge is -2.14. The molecule has 0 spiro atoms. The normalized spacial score (nSPS) is 14.1. The molecule has 0 N–H and O–H groups in total. The number of unbranched alkanes of at least 4 members (excludes halogenated alkanes) is 3. The Balaban J connectivity index is 3.68. The Morgan fingerprint density at radius 1 is 0.875 bits per heavy atom. The Bertz CT molecular complexity index is 391. The van der Waals surface area contributed by atoms with Crippen LogP contribution in [0.1, 0.15) is 92.9 Å². The average molecular weight is 337 g/mol. The van der Waals surface area contributed by atoms with Crippen molar-refractivity contribution in [2.75, 3.05) is 6.61 Å². The summed E-state index contributed by atoms with van der Waals surface area (Å²) < 4.78 is 4.92. The van der Waals surface area contributed by atoms with Crippen LogP contribution in [-0.4, -0.2) is 12.6 Å². The highest BCUT2D eigenvalue weighted by molar-refractivity contribution is 5.66. The number of ether oxygens (including phenoxy) is 1. The third kappa shape index (κ3) is 14.5. The molecule has 0 saturated carbocycles. The summed E-state index contributed by atoms with van der Waals surface area (Å²) in [6.07, 6.45) is 14.5. The van der Waals surface area contributed by atoms with Gasteiger partial charge in [-0.3, -0.25) is 4.79 Å². The molecule has 1 atom stereocenters. The van der Waals surface area contributed by atoms with Crippen molar-refractivity contribution in [2.45, 2.75) is 92.9 Å². The molecule has 2 heteroatoms. The molecule has 24 heavy (non-hydrogen) atoms. The topological polar surface area (TPSA) is 26.3 Å². The molecule has 0 aromatic rings. The van der Waals surface area contributed by atoms with Crippen LogP contribution in [0, 0.1) is 11.8 Å². The van der Waals surface area contributed by atoms with Crippen molar-refractivity contribution in [3.8, 4) is 0 Å². The van der Waals surface area contributed by atoms with Gasteiger partial charge in [-0.05, 0) is 57.4 Å². The number of carbonyl (C=O) groups is 1. The van der Waals surface area contributed by atoms with Crippen molar-refractivity contribution in [3.05, 3.63) is 23.3 Å². The van der Waals surface area contributed by atoms with Crippen LogP contribution in [0.5, 0.6) is 0 Å². The molecule has 0 fully saturated rings. The van der Waals surface area contributed by atoms with Crippen LogP contribution in [0.4, 0.5) is 0 Å². The fourth-order valence-electron chi connectivity index (χ4n) is 2.61. The summed E-state index contributed by atoms with van der Waals surface area (Å²) in [4.78, 5) is 10.7. The van der Waals surface area contributed by atoms with Crippen LogP contribution < -0.4 is 0 Å². The Morgan fingerprint density at radius 3 is 2.12 bits per heavy atom. The summed E-state index contributed by atoms with van der Waals surface area (Å²) in [7, 11) is 0. The number of carbonyl (C=O) groups excluding carboxylic acids is 1. The van der Waals surface area contributed by atoms with E-state index >= 15 is 0 Å². The van der Waals surface area contributed by atoms with Crippen molar-refractivity contribution < 1.29 is 9.53 Å². The van der Waals surface area contributed by atoms with Gasteiger partial charge in [0, 0.05) is 6.92 Å². The molecule has 140 valence electrons. The second-order valence-electron chi connectivity index (χ2n) is 7.62. The van der Waals surface area contributed by atoms with Gasteiger partial charge in [0.05, 0.1) is 0 Å². The SMILES string of the molecule is CC(=O)OCC=C(C)CCC=C(C)CCCCCCC(C)C(C)C. The quantitative estimate of drug-likeness (QED) is 0.209. The van der Waals surface area contributed by atoms with Crippen LogP contribution in [0.25, 0.3) is 0 Å². The summed E-state index contributed by atoms with van der Waals surface area (Å²) in [5.41, 5.74) is 2.80. The Kier molecular flexibility index (Phi) is 13.7. The zero-order chi connectivity index (χ0) is 18.4. The predicted octanol–water partition coefficient (Wildman–Crippen LogP) is 6.86. The summed E-state index contributed by atoms with van der Waals surface area (Å²) in [5.74, 6) is 1.47. The molecule has 0 heterocycles. The molecule has 0 bridgehead atoms. The first kappa shape index (κ1) is 22.9. The monoisotopic (exact) mass is 336 g/mol. The van der Waals surface area contributed by atoms with Gasteiger partial charge < -0.3 is 4.74 Å². The Hall–Kier alpha value is -1.05. The smallest absolute Gasteiger partial charge is 0.302 e. The predicted molar refractivity (Wildman–Crippen MR) is 105 cm³/mol. The van der Waals surface area contributed by atoms with E-state index in [1.54, 1.807) is 0 Å². The summed E-state index contributed by atoms with van der Waals surface area (Å²) in [5, 5.41) is 0. The molecule has 0 rings (SSSR count). The lowest BCUT2D eigenvalue weighted by molar-refractivity contribution is -0.139. The second-order valence-corrected chi connectivity index (χ2v) is 7.62. The highest BCUT2D eigenvalue weighted by atomic mass is 16.5. The highest BCUT2D eigenvalue weighted by Gasteiger charge is 2.05. The zero-order valence-electron chi connectivity index (χ0n) is 17.0. The minimum atomic E-state index is -0.214. The number of hydrogen-bond acceptors (Lipinski definition) is 2. The minimum Gasteiger partial charge on any atom is -0.462 e. The number of rotatable bonds is 13. The maximum absolute atomic E-state index is 10.7. The summed E-state index contributed by atoms with van der Waals surface area (Å²) in [6, 6.07) is 0. The van der Waals surface area contributed by atoms with E-state index in [2.05, 4.69) is 40.7 Å². The van der Waals surface area contributed by atoms with E-state index in [-0.39, 0.29) is 5.97 Å². The molecule has 0 aliphatic carbocycles. The van der Waals surface area contributed by atoms with Gasteiger partial charge in [0.25, 0.3) is 0 Å². The summed E-state index contributed by atoms with van der Waals surface area (Å²) >= 11 is 0. The molecule has 0 amide bonds. The van der Waals surface area contributed by atoms with Crippen molar-refractivity contribution in [3.63, 3.8) is 0 Å². The maximum atomic E-state index is 10.7. The first-order chi connectivity index (χ1) is 11.3. The van der Waals surface area contributed by atoms with Gasteiger partial charge in [0.1, 0.15) is 6.61 Å². The van der Waals surface area contributed by atoms with E-state index in [0.29, 0.717) is 6.61 Å². The molecule has 1 unspecified atom stereocenters. The van der Waals surface area contributed by atoms with Crippen molar-refractivity contribution in [1.29, 1.82) is 0 Å². The Morgan fingerprint density at radius 2 is 1.50 bits per heavy atom. The van der Waals surface area contributed by atoms with Crippen LogP contribution in [0.2, 0.25) is 0 Å². The van der Waals surface area contributed by atoms with Crippen LogP contribution in [0.15, 0.2) is 23.3 Å². The third-order valence-corrected chi connectivity index (χ3v) is 4.87. The van der Waals surface area contributed by atoms with E-state index in [1.807, 2.05) is 6.08 Å². The van der Waals surface area contributed by atoms with Gasteiger partial charge in [-0.2, -0.15) is 0 Å². The van der Waals surface area contributed by atoms with Gasteiger partial charge in [-0.15, -0.1) is 0 Å². The number of allylic oxidation sites excluding steroid dienone is 3. The van der Waals surface area contributed by atoms with Crippen LogP contribution >= 0.6 is 0 Å².